The Kier molecular flexibility index (Phi) is 7.58. The second-order valence-electron chi connectivity index (χ2n) is 6.23. The number of carbonyl (C=O) groups is 2. The van der Waals surface area contributed by atoms with E-state index in [1.165, 1.54) is 11.8 Å². The third-order valence-corrected chi connectivity index (χ3v) is 4.86. The zero-order chi connectivity index (χ0) is 17.5. The third kappa shape index (κ3) is 6.62. The number of rotatable bonds is 8. The van der Waals surface area contributed by atoms with E-state index >= 15 is 0 Å². The minimum absolute atomic E-state index is 0.0974. The van der Waals surface area contributed by atoms with Crippen LogP contribution in [-0.4, -0.2) is 35.4 Å². The predicted octanol–water partition coefficient (Wildman–Crippen LogP) is 2.16. The first-order chi connectivity index (χ1) is 10.8. The number of hydrogen-bond donors (Lipinski definition) is 3. The van der Waals surface area contributed by atoms with E-state index in [9.17, 15) is 9.59 Å². The van der Waals surface area contributed by atoms with Crippen LogP contribution in [0.15, 0.2) is 24.3 Å². The van der Waals surface area contributed by atoms with Crippen molar-refractivity contribution in [3.63, 3.8) is 0 Å². The molecule has 0 spiro atoms. The first-order valence-electron chi connectivity index (χ1n) is 7.72. The Morgan fingerprint density at radius 2 is 1.74 bits per heavy atom. The number of carbonyl (C=O) groups excluding carboxylic acids is 2. The van der Waals surface area contributed by atoms with Crippen LogP contribution in [0.4, 0.5) is 5.69 Å². The van der Waals surface area contributed by atoms with Gasteiger partial charge in [0.25, 0.3) is 0 Å². The van der Waals surface area contributed by atoms with Gasteiger partial charge >= 0.3 is 0 Å². The lowest BCUT2D eigenvalue weighted by molar-refractivity contribution is -0.120. The topological polar surface area (TPSA) is 84.2 Å². The molecule has 4 N–H and O–H groups in total. The minimum atomic E-state index is -0.415. The fourth-order valence-corrected chi connectivity index (χ4v) is 2.47. The standard InChI is InChI=1S/C17H27N3O2S/c1-12(2)17(4,11-18)20-16(22)10-23-9-15(21)19-14-7-5-13(3)6-8-14/h5-8,12H,9-11,18H2,1-4H3,(H,19,21)(H,20,22). The molecule has 0 radical (unpaired) electrons. The summed E-state index contributed by atoms with van der Waals surface area (Å²) in [5.41, 5.74) is 7.23. The fourth-order valence-electron chi connectivity index (χ4n) is 1.86. The molecule has 0 bridgehead atoms. The SMILES string of the molecule is Cc1ccc(NC(=O)CSCC(=O)NC(C)(CN)C(C)C)cc1. The van der Waals surface area contributed by atoms with Crippen LogP contribution in [0, 0.1) is 12.8 Å². The highest BCUT2D eigenvalue weighted by atomic mass is 32.2. The Labute approximate surface area is 142 Å². The van der Waals surface area contributed by atoms with Crippen molar-refractivity contribution in [3.05, 3.63) is 29.8 Å². The van der Waals surface area contributed by atoms with Crippen LogP contribution >= 0.6 is 11.8 Å². The number of nitrogens with two attached hydrogens (primary N) is 1. The highest BCUT2D eigenvalue weighted by Crippen LogP contribution is 2.15. The summed E-state index contributed by atoms with van der Waals surface area (Å²) < 4.78 is 0. The highest BCUT2D eigenvalue weighted by Gasteiger charge is 2.28. The summed E-state index contributed by atoms with van der Waals surface area (Å²) in [6.07, 6.45) is 0. The van der Waals surface area contributed by atoms with Gasteiger partial charge in [-0.05, 0) is 31.9 Å². The Hall–Kier alpha value is -1.53. The van der Waals surface area contributed by atoms with Crippen LogP contribution in [0.3, 0.4) is 0 Å². The van der Waals surface area contributed by atoms with E-state index in [1.807, 2.05) is 52.0 Å². The Balaban J connectivity index is 2.34. The second-order valence-corrected chi connectivity index (χ2v) is 7.22. The fraction of sp³-hybridized carbons (Fsp3) is 0.529. The van der Waals surface area contributed by atoms with Gasteiger partial charge < -0.3 is 16.4 Å². The van der Waals surface area contributed by atoms with Crippen molar-refractivity contribution in [2.75, 3.05) is 23.4 Å². The van der Waals surface area contributed by atoms with Crippen molar-refractivity contribution in [1.82, 2.24) is 5.32 Å². The molecule has 0 heterocycles. The molecule has 128 valence electrons. The molecule has 0 saturated heterocycles. The number of thioether (sulfide) groups is 1. The summed E-state index contributed by atoms with van der Waals surface area (Å²) in [6, 6.07) is 7.60. The zero-order valence-corrected chi connectivity index (χ0v) is 15.1. The van der Waals surface area contributed by atoms with Crippen molar-refractivity contribution in [2.24, 2.45) is 11.7 Å². The van der Waals surface area contributed by atoms with Crippen LogP contribution in [0.5, 0.6) is 0 Å². The van der Waals surface area contributed by atoms with E-state index in [1.54, 1.807) is 0 Å². The molecule has 23 heavy (non-hydrogen) atoms. The number of aryl methyl sites for hydroxylation is 1. The average molecular weight is 337 g/mol. The number of anilines is 1. The molecule has 0 aliphatic heterocycles. The second kappa shape index (κ2) is 8.93. The van der Waals surface area contributed by atoms with Crippen LogP contribution in [-0.2, 0) is 9.59 Å². The zero-order valence-electron chi connectivity index (χ0n) is 14.3. The van der Waals surface area contributed by atoms with Gasteiger partial charge in [0.15, 0.2) is 0 Å². The van der Waals surface area contributed by atoms with Gasteiger partial charge in [-0.25, -0.2) is 0 Å². The maximum Gasteiger partial charge on any atom is 0.234 e. The van der Waals surface area contributed by atoms with E-state index < -0.39 is 5.54 Å². The number of nitrogens with one attached hydrogen (secondary N) is 2. The first-order valence-corrected chi connectivity index (χ1v) is 8.87. The molecule has 0 aromatic heterocycles. The molecule has 1 unspecified atom stereocenters. The molecular weight excluding hydrogens is 310 g/mol. The van der Waals surface area contributed by atoms with Gasteiger partial charge in [-0.2, -0.15) is 0 Å². The normalized spacial score (nSPS) is 13.5. The predicted molar refractivity (Wildman–Crippen MR) is 97.6 cm³/mol. The smallest absolute Gasteiger partial charge is 0.234 e. The number of hydrogen-bond acceptors (Lipinski definition) is 4. The molecule has 6 heteroatoms. The molecule has 0 fully saturated rings. The Bertz CT molecular complexity index is 531. The van der Waals surface area contributed by atoms with Gasteiger partial charge in [-0.15, -0.1) is 11.8 Å². The number of amides is 2. The largest absolute Gasteiger partial charge is 0.349 e. The van der Waals surface area contributed by atoms with Crippen molar-refractivity contribution in [3.8, 4) is 0 Å². The maximum absolute atomic E-state index is 12.0. The van der Waals surface area contributed by atoms with Gasteiger partial charge in [0.1, 0.15) is 0 Å². The molecular formula is C17H27N3O2S. The van der Waals surface area contributed by atoms with Gasteiger partial charge in [0.2, 0.25) is 11.8 Å². The first kappa shape index (κ1) is 19.5. The summed E-state index contributed by atoms with van der Waals surface area (Å²) in [5, 5.41) is 5.76. The minimum Gasteiger partial charge on any atom is -0.349 e. The van der Waals surface area contributed by atoms with E-state index in [2.05, 4.69) is 10.6 Å². The molecule has 1 atom stereocenters. The van der Waals surface area contributed by atoms with Gasteiger partial charge in [0.05, 0.1) is 17.0 Å². The number of benzene rings is 1. The molecule has 1 rings (SSSR count). The van der Waals surface area contributed by atoms with Crippen molar-refractivity contribution >= 4 is 29.3 Å². The third-order valence-electron chi connectivity index (χ3n) is 3.92. The summed E-state index contributed by atoms with van der Waals surface area (Å²) in [5.74, 6) is 0.509. The van der Waals surface area contributed by atoms with E-state index in [4.69, 9.17) is 5.73 Å². The summed E-state index contributed by atoms with van der Waals surface area (Å²) in [4.78, 5) is 23.8. The van der Waals surface area contributed by atoms with Gasteiger partial charge in [-0.3, -0.25) is 9.59 Å². The lowest BCUT2D eigenvalue weighted by Gasteiger charge is -2.33. The van der Waals surface area contributed by atoms with Gasteiger partial charge in [-0.1, -0.05) is 31.5 Å². The van der Waals surface area contributed by atoms with Crippen LogP contribution in [0.1, 0.15) is 26.3 Å². The molecule has 0 aliphatic carbocycles. The van der Waals surface area contributed by atoms with Crippen molar-refractivity contribution in [1.29, 1.82) is 0 Å². The summed E-state index contributed by atoms with van der Waals surface area (Å²) in [6.45, 7) is 8.36. The molecule has 5 nitrogen and oxygen atoms in total. The van der Waals surface area contributed by atoms with E-state index in [0.717, 1.165) is 11.3 Å². The molecule has 0 saturated carbocycles. The van der Waals surface area contributed by atoms with Crippen molar-refractivity contribution < 1.29 is 9.59 Å². The van der Waals surface area contributed by atoms with Gasteiger partial charge in [0, 0.05) is 12.2 Å². The highest BCUT2D eigenvalue weighted by molar-refractivity contribution is 8.00. The lowest BCUT2D eigenvalue weighted by Crippen LogP contribution is -2.55. The van der Waals surface area contributed by atoms with E-state index in [-0.39, 0.29) is 29.2 Å². The summed E-state index contributed by atoms with van der Waals surface area (Å²) in [7, 11) is 0. The molecule has 0 aliphatic rings. The van der Waals surface area contributed by atoms with Crippen LogP contribution < -0.4 is 16.4 Å². The van der Waals surface area contributed by atoms with Crippen LogP contribution in [0.2, 0.25) is 0 Å². The Morgan fingerprint density at radius 3 is 2.26 bits per heavy atom. The summed E-state index contributed by atoms with van der Waals surface area (Å²) >= 11 is 1.29. The quantitative estimate of drug-likeness (QED) is 0.679. The average Bonchev–Trinajstić information content (AvgIpc) is 2.49. The monoisotopic (exact) mass is 337 g/mol. The molecule has 1 aromatic rings. The van der Waals surface area contributed by atoms with Crippen LogP contribution in [0.25, 0.3) is 0 Å². The lowest BCUT2D eigenvalue weighted by atomic mass is 9.88. The molecule has 1 aromatic carbocycles. The molecule has 2 amide bonds. The van der Waals surface area contributed by atoms with E-state index in [0.29, 0.717) is 6.54 Å². The van der Waals surface area contributed by atoms with Crippen molar-refractivity contribution in [2.45, 2.75) is 33.2 Å². The Morgan fingerprint density at radius 1 is 1.17 bits per heavy atom. The maximum atomic E-state index is 12.0.